The fraction of sp³-hybridized carbons (Fsp3) is 0.412. The molecule has 0 saturated heterocycles. The summed E-state index contributed by atoms with van der Waals surface area (Å²) in [7, 11) is 0. The molecule has 1 amide bonds. The zero-order valence-corrected chi connectivity index (χ0v) is 12.5. The standard InChI is InChI=1S/C17H21NO3/c1-12-5-6-14(11-13(12)7-8-15(19)20)16(21)18-17(2)9-3-4-10-17/h5-8,11H,3-4,9-10H2,1-2H3,(H,18,21)(H,19,20)/b8-7+. The highest BCUT2D eigenvalue weighted by Gasteiger charge is 2.30. The fourth-order valence-corrected chi connectivity index (χ4v) is 2.75. The van der Waals surface area contributed by atoms with Gasteiger partial charge in [0, 0.05) is 17.2 Å². The zero-order valence-electron chi connectivity index (χ0n) is 12.5. The number of benzene rings is 1. The van der Waals surface area contributed by atoms with Crippen LogP contribution in [-0.2, 0) is 4.79 Å². The molecule has 1 aromatic rings. The van der Waals surface area contributed by atoms with Crippen molar-refractivity contribution in [1.82, 2.24) is 5.32 Å². The number of amides is 1. The maximum absolute atomic E-state index is 12.4. The van der Waals surface area contributed by atoms with Gasteiger partial charge >= 0.3 is 5.97 Å². The third-order valence-electron chi connectivity index (χ3n) is 4.07. The summed E-state index contributed by atoms with van der Waals surface area (Å²) in [6.07, 6.45) is 6.93. The summed E-state index contributed by atoms with van der Waals surface area (Å²) in [5, 5.41) is 11.8. The predicted octanol–water partition coefficient (Wildman–Crippen LogP) is 3.16. The lowest BCUT2D eigenvalue weighted by Gasteiger charge is -2.25. The van der Waals surface area contributed by atoms with Crippen molar-refractivity contribution in [2.45, 2.75) is 45.1 Å². The molecule has 0 heterocycles. The molecule has 0 radical (unpaired) electrons. The van der Waals surface area contributed by atoms with Crippen LogP contribution in [0.1, 0.15) is 54.1 Å². The van der Waals surface area contributed by atoms with E-state index in [0.29, 0.717) is 5.56 Å². The number of aliphatic carboxylic acids is 1. The second-order valence-corrected chi connectivity index (χ2v) is 5.96. The van der Waals surface area contributed by atoms with Gasteiger partial charge in [0.15, 0.2) is 0 Å². The fourth-order valence-electron chi connectivity index (χ4n) is 2.75. The van der Waals surface area contributed by atoms with Crippen molar-refractivity contribution >= 4 is 18.0 Å². The van der Waals surface area contributed by atoms with Crippen LogP contribution in [0.25, 0.3) is 6.08 Å². The first-order valence-corrected chi connectivity index (χ1v) is 7.24. The Morgan fingerprint density at radius 1 is 1.29 bits per heavy atom. The first kappa shape index (κ1) is 15.3. The van der Waals surface area contributed by atoms with E-state index in [1.807, 2.05) is 13.0 Å². The Hall–Kier alpha value is -2.10. The average Bonchev–Trinajstić information content (AvgIpc) is 2.84. The Morgan fingerprint density at radius 3 is 2.57 bits per heavy atom. The third kappa shape index (κ3) is 3.94. The van der Waals surface area contributed by atoms with Crippen molar-refractivity contribution in [1.29, 1.82) is 0 Å². The number of nitrogens with one attached hydrogen (secondary N) is 1. The van der Waals surface area contributed by atoms with Gasteiger partial charge in [-0.05, 0) is 56.0 Å². The Bertz CT molecular complexity index is 584. The van der Waals surface area contributed by atoms with Crippen LogP contribution < -0.4 is 5.32 Å². The number of hydrogen-bond acceptors (Lipinski definition) is 2. The normalized spacial score (nSPS) is 17.0. The van der Waals surface area contributed by atoms with Crippen LogP contribution in [0.4, 0.5) is 0 Å². The van der Waals surface area contributed by atoms with Crippen molar-refractivity contribution in [3.05, 3.63) is 41.0 Å². The lowest BCUT2D eigenvalue weighted by molar-refractivity contribution is -0.131. The van der Waals surface area contributed by atoms with E-state index in [2.05, 4.69) is 12.2 Å². The molecular formula is C17H21NO3. The maximum atomic E-state index is 12.4. The van der Waals surface area contributed by atoms with Gasteiger partial charge in [-0.15, -0.1) is 0 Å². The van der Waals surface area contributed by atoms with E-state index < -0.39 is 5.97 Å². The first-order valence-electron chi connectivity index (χ1n) is 7.24. The number of carbonyl (C=O) groups is 2. The highest BCUT2D eigenvalue weighted by atomic mass is 16.4. The van der Waals surface area contributed by atoms with Gasteiger partial charge in [0.1, 0.15) is 0 Å². The lowest BCUT2D eigenvalue weighted by Crippen LogP contribution is -2.43. The molecule has 1 fully saturated rings. The van der Waals surface area contributed by atoms with E-state index >= 15 is 0 Å². The van der Waals surface area contributed by atoms with Crippen LogP contribution in [0.3, 0.4) is 0 Å². The smallest absolute Gasteiger partial charge is 0.328 e. The Kier molecular flexibility index (Phi) is 4.46. The minimum Gasteiger partial charge on any atom is -0.478 e. The number of carboxylic acids is 1. The summed E-state index contributed by atoms with van der Waals surface area (Å²) in [6, 6.07) is 5.36. The molecule has 21 heavy (non-hydrogen) atoms. The molecule has 0 spiro atoms. The van der Waals surface area contributed by atoms with Gasteiger partial charge in [-0.2, -0.15) is 0 Å². The van der Waals surface area contributed by atoms with E-state index in [1.165, 1.54) is 6.08 Å². The monoisotopic (exact) mass is 287 g/mol. The summed E-state index contributed by atoms with van der Waals surface area (Å²) < 4.78 is 0. The number of carbonyl (C=O) groups excluding carboxylic acids is 1. The van der Waals surface area contributed by atoms with E-state index in [0.717, 1.165) is 42.9 Å². The van der Waals surface area contributed by atoms with E-state index in [1.54, 1.807) is 12.1 Å². The summed E-state index contributed by atoms with van der Waals surface area (Å²) in [5.41, 5.74) is 2.15. The van der Waals surface area contributed by atoms with Crippen molar-refractivity contribution in [3.63, 3.8) is 0 Å². The average molecular weight is 287 g/mol. The van der Waals surface area contributed by atoms with Crippen LogP contribution in [0, 0.1) is 6.92 Å². The highest BCUT2D eigenvalue weighted by Crippen LogP contribution is 2.29. The minimum atomic E-state index is -0.997. The van der Waals surface area contributed by atoms with E-state index in [9.17, 15) is 9.59 Å². The van der Waals surface area contributed by atoms with Gasteiger partial charge < -0.3 is 10.4 Å². The topological polar surface area (TPSA) is 66.4 Å². The molecule has 0 bridgehead atoms. The van der Waals surface area contributed by atoms with Gasteiger partial charge in [0.25, 0.3) is 5.91 Å². The molecule has 1 aromatic carbocycles. The van der Waals surface area contributed by atoms with Gasteiger partial charge in [-0.25, -0.2) is 4.79 Å². The molecule has 0 unspecified atom stereocenters. The van der Waals surface area contributed by atoms with Crippen molar-refractivity contribution in [3.8, 4) is 0 Å². The summed E-state index contributed by atoms with van der Waals surface area (Å²) in [6.45, 7) is 3.97. The number of hydrogen-bond donors (Lipinski definition) is 2. The zero-order chi connectivity index (χ0) is 15.5. The van der Waals surface area contributed by atoms with Crippen LogP contribution in [0.15, 0.2) is 24.3 Å². The van der Waals surface area contributed by atoms with Crippen LogP contribution in [0.2, 0.25) is 0 Å². The Morgan fingerprint density at radius 2 is 1.95 bits per heavy atom. The van der Waals surface area contributed by atoms with Gasteiger partial charge in [0.2, 0.25) is 0 Å². The summed E-state index contributed by atoms with van der Waals surface area (Å²) >= 11 is 0. The van der Waals surface area contributed by atoms with Crippen LogP contribution in [0.5, 0.6) is 0 Å². The molecule has 1 aliphatic rings. The molecule has 4 nitrogen and oxygen atoms in total. The molecule has 0 aromatic heterocycles. The highest BCUT2D eigenvalue weighted by molar-refractivity contribution is 5.95. The largest absolute Gasteiger partial charge is 0.478 e. The van der Waals surface area contributed by atoms with Crippen molar-refractivity contribution < 1.29 is 14.7 Å². The molecule has 0 atom stereocenters. The predicted molar refractivity (Wildman–Crippen MR) is 82.2 cm³/mol. The van der Waals surface area contributed by atoms with Gasteiger partial charge in [-0.3, -0.25) is 4.79 Å². The molecular weight excluding hydrogens is 266 g/mol. The number of rotatable bonds is 4. The van der Waals surface area contributed by atoms with Crippen molar-refractivity contribution in [2.24, 2.45) is 0 Å². The van der Waals surface area contributed by atoms with Gasteiger partial charge in [-0.1, -0.05) is 18.9 Å². The molecule has 112 valence electrons. The first-order chi connectivity index (χ1) is 9.89. The Balaban J connectivity index is 2.18. The van der Waals surface area contributed by atoms with Crippen molar-refractivity contribution in [2.75, 3.05) is 0 Å². The quantitative estimate of drug-likeness (QED) is 0.836. The molecule has 1 saturated carbocycles. The summed E-state index contributed by atoms with van der Waals surface area (Å²) in [4.78, 5) is 23.0. The van der Waals surface area contributed by atoms with E-state index in [4.69, 9.17) is 5.11 Å². The Labute approximate surface area is 124 Å². The minimum absolute atomic E-state index is 0.0932. The summed E-state index contributed by atoms with van der Waals surface area (Å²) in [5.74, 6) is -1.09. The molecule has 4 heteroatoms. The van der Waals surface area contributed by atoms with Crippen LogP contribution >= 0.6 is 0 Å². The van der Waals surface area contributed by atoms with Crippen LogP contribution in [-0.4, -0.2) is 22.5 Å². The number of aryl methyl sites for hydroxylation is 1. The third-order valence-corrected chi connectivity index (χ3v) is 4.07. The maximum Gasteiger partial charge on any atom is 0.328 e. The molecule has 0 aliphatic heterocycles. The molecule has 1 aliphatic carbocycles. The second-order valence-electron chi connectivity index (χ2n) is 5.96. The second kappa shape index (κ2) is 6.12. The molecule has 2 rings (SSSR count). The lowest BCUT2D eigenvalue weighted by atomic mass is 9.99. The number of carboxylic acid groups (broad SMARTS) is 1. The SMILES string of the molecule is Cc1ccc(C(=O)NC2(C)CCCC2)cc1/C=C/C(=O)O. The molecule has 2 N–H and O–H groups in total. The van der Waals surface area contributed by atoms with Gasteiger partial charge in [0.05, 0.1) is 0 Å². The van der Waals surface area contributed by atoms with E-state index in [-0.39, 0.29) is 11.4 Å².